The summed E-state index contributed by atoms with van der Waals surface area (Å²) in [5.41, 5.74) is 3.40. The molecule has 6 nitrogen and oxygen atoms in total. The number of hydrogen-bond donors (Lipinski definition) is 2. The van der Waals surface area contributed by atoms with E-state index in [0.717, 1.165) is 43.1 Å². The molecule has 1 heterocycles. The van der Waals surface area contributed by atoms with E-state index in [4.69, 9.17) is 5.10 Å². The highest BCUT2D eigenvalue weighted by atomic mass is 32.2. The van der Waals surface area contributed by atoms with Gasteiger partial charge in [0.05, 0.1) is 0 Å². The molecule has 1 saturated carbocycles. The standard InChI is InChI=1S/C17H34N6S/c1-5-21(6-2)17-14-16(18-23(19-17)22(7-3)8-4)20-24-15-12-10-9-11-13-15/h14-15,18,20H,5-13H2,1-4H3. The first-order valence-corrected chi connectivity index (χ1v) is 10.4. The molecule has 7 heteroatoms. The van der Waals surface area contributed by atoms with Crippen molar-refractivity contribution < 1.29 is 0 Å². The first kappa shape index (κ1) is 19.2. The minimum atomic E-state index is 0.721. The van der Waals surface area contributed by atoms with Crippen LogP contribution >= 0.6 is 11.9 Å². The average Bonchev–Trinajstić information content (AvgIpc) is 2.63. The Morgan fingerprint density at radius 1 is 1.12 bits per heavy atom. The lowest BCUT2D eigenvalue weighted by atomic mass is 10.0. The van der Waals surface area contributed by atoms with Crippen molar-refractivity contribution in [2.45, 2.75) is 65.0 Å². The van der Waals surface area contributed by atoms with Gasteiger partial charge in [-0.25, -0.2) is 0 Å². The normalized spacial score (nSPS) is 19.0. The fraction of sp³-hybridized carbons (Fsp3) is 0.824. The van der Waals surface area contributed by atoms with Gasteiger partial charge in [-0.3, -0.25) is 5.43 Å². The summed E-state index contributed by atoms with van der Waals surface area (Å²) in [4.78, 5) is 2.28. The van der Waals surface area contributed by atoms with Gasteiger partial charge in [-0.1, -0.05) is 33.1 Å². The molecule has 0 aromatic rings. The summed E-state index contributed by atoms with van der Waals surface area (Å²) in [5, 5.41) is 9.57. The van der Waals surface area contributed by atoms with E-state index < -0.39 is 0 Å². The molecule has 0 atom stereocenters. The van der Waals surface area contributed by atoms with Gasteiger partial charge in [0.2, 0.25) is 0 Å². The number of rotatable bonds is 8. The molecule has 138 valence electrons. The maximum atomic E-state index is 4.78. The third-order valence-electron chi connectivity index (χ3n) is 4.66. The first-order valence-electron chi connectivity index (χ1n) is 9.50. The van der Waals surface area contributed by atoms with Crippen molar-refractivity contribution in [3.63, 3.8) is 0 Å². The summed E-state index contributed by atoms with van der Waals surface area (Å²) in [5.74, 6) is 2.03. The van der Waals surface area contributed by atoms with Crippen LogP contribution in [0, 0.1) is 0 Å². The van der Waals surface area contributed by atoms with Crippen LogP contribution in [0.3, 0.4) is 0 Å². The lowest BCUT2D eigenvalue weighted by molar-refractivity contribution is -0.0553. The summed E-state index contributed by atoms with van der Waals surface area (Å²) in [6.45, 7) is 12.4. The molecular formula is C17H34N6S. The Bertz CT molecular complexity index is 425. The lowest BCUT2D eigenvalue weighted by Crippen LogP contribution is -2.52. The van der Waals surface area contributed by atoms with Crippen molar-refractivity contribution in [3.8, 4) is 0 Å². The van der Waals surface area contributed by atoms with E-state index in [1.807, 2.05) is 17.2 Å². The number of hydrazone groups is 1. The second kappa shape index (κ2) is 10.0. The zero-order valence-electron chi connectivity index (χ0n) is 15.7. The largest absolute Gasteiger partial charge is 0.356 e. The molecule has 1 aliphatic carbocycles. The molecule has 0 unspecified atom stereocenters. The molecular weight excluding hydrogens is 320 g/mol. The van der Waals surface area contributed by atoms with Crippen molar-refractivity contribution in [3.05, 3.63) is 11.9 Å². The molecule has 1 fully saturated rings. The maximum Gasteiger partial charge on any atom is 0.156 e. The minimum Gasteiger partial charge on any atom is -0.356 e. The van der Waals surface area contributed by atoms with E-state index in [2.05, 4.69) is 53.8 Å². The molecule has 0 amide bonds. The van der Waals surface area contributed by atoms with Crippen molar-refractivity contribution in [1.29, 1.82) is 0 Å². The molecule has 0 spiro atoms. The Labute approximate surface area is 151 Å². The van der Waals surface area contributed by atoms with Crippen LogP contribution in [0.15, 0.2) is 17.0 Å². The number of nitrogens with zero attached hydrogens (tertiary/aromatic N) is 4. The van der Waals surface area contributed by atoms with E-state index in [9.17, 15) is 0 Å². The predicted molar refractivity (Wildman–Crippen MR) is 104 cm³/mol. The van der Waals surface area contributed by atoms with Crippen molar-refractivity contribution >= 4 is 17.8 Å². The topological polar surface area (TPSA) is 46.1 Å². The molecule has 24 heavy (non-hydrogen) atoms. The zero-order valence-corrected chi connectivity index (χ0v) is 16.5. The highest BCUT2D eigenvalue weighted by Gasteiger charge is 2.21. The molecule has 0 aromatic carbocycles. The van der Waals surface area contributed by atoms with E-state index >= 15 is 0 Å². The van der Waals surface area contributed by atoms with Crippen LogP contribution in [0.2, 0.25) is 0 Å². The van der Waals surface area contributed by atoms with Crippen molar-refractivity contribution in [2.75, 3.05) is 26.2 Å². The zero-order chi connectivity index (χ0) is 17.4. The highest BCUT2D eigenvalue weighted by Crippen LogP contribution is 2.27. The fourth-order valence-corrected chi connectivity index (χ4v) is 4.10. The summed E-state index contributed by atoms with van der Waals surface area (Å²) < 4.78 is 3.55. The molecule has 2 aliphatic rings. The predicted octanol–water partition coefficient (Wildman–Crippen LogP) is 3.13. The molecule has 2 N–H and O–H groups in total. The summed E-state index contributed by atoms with van der Waals surface area (Å²) in [6, 6.07) is 0. The Kier molecular flexibility index (Phi) is 8.05. The van der Waals surface area contributed by atoms with Gasteiger partial charge >= 0.3 is 0 Å². The maximum absolute atomic E-state index is 4.78. The Morgan fingerprint density at radius 3 is 2.38 bits per heavy atom. The number of nitrogens with one attached hydrogen (secondary N) is 2. The molecule has 1 aliphatic heterocycles. The Balaban J connectivity index is 2.05. The molecule has 0 aromatic heterocycles. The highest BCUT2D eigenvalue weighted by molar-refractivity contribution is 7.98. The molecule has 0 radical (unpaired) electrons. The summed E-state index contributed by atoms with van der Waals surface area (Å²) in [7, 11) is 0. The molecule has 0 bridgehead atoms. The third kappa shape index (κ3) is 5.21. The van der Waals surface area contributed by atoms with Gasteiger partial charge in [0, 0.05) is 37.5 Å². The van der Waals surface area contributed by atoms with Crippen LogP contribution in [0.4, 0.5) is 0 Å². The summed E-state index contributed by atoms with van der Waals surface area (Å²) >= 11 is 1.86. The smallest absolute Gasteiger partial charge is 0.156 e. The van der Waals surface area contributed by atoms with Crippen molar-refractivity contribution in [1.82, 2.24) is 25.3 Å². The van der Waals surface area contributed by atoms with E-state index in [-0.39, 0.29) is 0 Å². The van der Waals surface area contributed by atoms with Gasteiger partial charge in [0.25, 0.3) is 0 Å². The van der Waals surface area contributed by atoms with Crippen LogP contribution in [0.5, 0.6) is 0 Å². The van der Waals surface area contributed by atoms with Gasteiger partial charge in [0.1, 0.15) is 5.82 Å². The monoisotopic (exact) mass is 354 g/mol. The second-order valence-corrected chi connectivity index (χ2v) is 7.32. The Hall–Kier alpha value is -1.08. The minimum absolute atomic E-state index is 0.721. The van der Waals surface area contributed by atoms with E-state index in [1.54, 1.807) is 0 Å². The van der Waals surface area contributed by atoms with Gasteiger partial charge in [-0.05, 0) is 38.6 Å². The SMILES string of the molecule is CCN(CC)C1=NN(N(CC)CC)NC(NSC2CCCCC2)=C1. The fourth-order valence-electron chi connectivity index (χ4n) is 3.13. The quantitative estimate of drug-likeness (QED) is 0.653. The lowest BCUT2D eigenvalue weighted by Gasteiger charge is -2.36. The van der Waals surface area contributed by atoms with Gasteiger partial charge in [0.15, 0.2) is 5.84 Å². The van der Waals surface area contributed by atoms with Gasteiger partial charge in [-0.15, -0.1) is 10.3 Å². The summed E-state index contributed by atoms with van der Waals surface area (Å²) in [6.07, 6.45) is 8.89. The van der Waals surface area contributed by atoms with Crippen LogP contribution in [-0.2, 0) is 0 Å². The van der Waals surface area contributed by atoms with Gasteiger partial charge < -0.3 is 9.62 Å². The number of hydrogen-bond acceptors (Lipinski definition) is 7. The van der Waals surface area contributed by atoms with Crippen LogP contribution < -0.4 is 10.1 Å². The number of hydrazine groups is 2. The Morgan fingerprint density at radius 2 is 1.79 bits per heavy atom. The molecule has 0 saturated heterocycles. The van der Waals surface area contributed by atoms with Crippen LogP contribution in [0.1, 0.15) is 59.8 Å². The van der Waals surface area contributed by atoms with E-state index in [0.29, 0.717) is 0 Å². The second-order valence-electron chi connectivity index (χ2n) is 6.21. The van der Waals surface area contributed by atoms with Crippen LogP contribution in [-0.4, -0.2) is 52.4 Å². The van der Waals surface area contributed by atoms with Crippen molar-refractivity contribution in [2.24, 2.45) is 5.10 Å². The number of amidine groups is 1. The number of likely N-dealkylation sites (N-methyl/N-ethyl adjacent to an activating group) is 1. The van der Waals surface area contributed by atoms with E-state index in [1.165, 1.54) is 32.1 Å². The van der Waals surface area contributed by atoms with Gasteiger partial charge in [-0.2, -0.15) is 5.01 Å². The average molecular weight is 355 g/mol. The third-order valence-corrected chi connectivity index (χ3v) is 5.81. The first-order chi connectivity index (χ1) is 11.7. The molecule has 2 rings (SSSR count). The van der Waals surface area contributed by atoms with Crippen LogP contribution in [0.25, 0.3) is 0 Å².